The quantitative estimate of drug-likeness (QED) is 0.553. The Morgan fingerprint density at radius 3 is 2.67 bits per heavy atom. The molecule has 0 unspecified atom stereocenters. The normalized spacial score (nSPS) is 10.9. The number of carbonyl (C=O) groups excluding carboxylic acids is 1. The highest BCUT2D eigenvalue weighted by Crippen LogP contribution is 2.28. The van der Waals surface area contributed by atoms with Gasteiger partial charge in [-0.3, -0.25) is 9.78 Å². The van der Waals surface area contributed by atoms with E-state index in [9.17, 15) is 10.1 Å². The molecule has 3 rings (SSSR count). The van der Waals surface area contributed by atoms with Gasteiger partial charge in [-0.15, -0.1) is 0 Å². The summed E-state index contributed by atoms with van der Waals surface area (Å²) in [4.78, 5) is 16.9. The number of nitrogens with zero attached hydrogens (tertiary/aromatic N) is 2. The van der Waals surface area contributed by atoms with Crippen molar-refractivity contribution in [3.8, 4) is 17.6 Å². The van der Waals surface area contributed by atoms with Crippen molar-refractivity contribution >= 4 is 28.6 Å². The molecule has 0 saturated heterocycles. The molecule has 0 spiro atoms. The molecule has 6 nitrogen and oxygen atoms in total. The van der Waals surface area contributed by atoms with E-state index in [0.29, 0.717) is 22.7 Å². The fraction of sp³-hybridized carbons (Fsp3) is 0.0952. The zero-order valence-corrected chi connectivity index (χ0v) is 14.9. The summed E-state index contributed by atoms with van der Waals surface area (Å²) in [7, 11) is 3.07. The number of hydrogen-bond donors (Lipinski definition) is 1. The number of nitriles is 1. The first kappa shape index (κ1) is 18.0. The second-order valence-electron chi connectivity index (χ2n) is 5.61. The molecule has 0 bridgehead atoms. The molecule has 0 aliphatic carbocycles. The third-order valence-electron chi connectivity index (χ3n) is 3.98. The lowest BCUT2D eigenvalue weighted by atomic mass is 10.1. The van der Waals surface area contributed by atoms with Crippen LogP contribution in [0.25, 0.3) is 17.0 Å². The number of aromatic nitrogens is 1. The van der Waals surface area contributed by atoms with Crippen molar-refractivity contribution in [3.05, 3.63) is 65.9 Å². The summed E-state index contributed by atoms with van der Waals surface area (Å²) in [6, 6.07) is 16.2. The van der Waals surface area contributed by atoms with Gasteiger partial charge in [0.2, 0.25) is 0 Å². The molecule has 3 aromatic rings. The molecule has 0 radical (unpaired) electrons. The first-order chi connectivity index (χ1) is 13.2. The second-order valence-corrected chi connectivity index (χ2v) is 5.61. The largest absolute Gasteiger partial charge is 0.493 e. The minimum Gasteiger partial charge on any atom is -0.493 e. The molecular formula is C21H17N3O3. The highest BCUT2D eigenvalue weighted by Gasteiger charge is 2.12. The van der Waals surface area contributed by atoms with Crippen molar-refractivity contribution in [2.24, 2.45) is 0 Å². The molecule has 6 heteroatoms. The van der Waals surface area contributed by atoms with Crippen LogP contribution in [0.5, 0.6) is 11.5 Å². The number of fused-ring (bicyclic) bond motifs is 1. The summed E-state index contributed by atoms with van der Waals surface area (Å²) in [5, 5.41) is 13.0. The molecule has 0 aliphatic rings. The number of pyridine rings is 1. The zero-order chi connectivity index (χ0) is 19.2. The Morgan fingerprint density at radius 2 is 1.93 bits per heavy atom. The van der Waals surface area contributed by atoms with E-state index in [0.717, 1.165) is 10.9 Å². The Balaban J connectivity index is 1.90. The third-order valence-corrected chi connectivity index (χ3v) is 3.98. The van der Waals surface area contributed by atoms with Crippen LogP contribution >= 0.6 is 0 Å². The van der Waals surface area contributed by atoms with Crippen molar-refractivity contribution in [2.75, 3.05) is 19.5 Å². The summed E-state index contributed by atoms with van der Waals surface area (Å²) in [6.07, 6.45) is 3.19. The van der Waals surface area contributed by atoms with Crippen LogP contribution in [0.1, 0.15) is 5.56 Å². The van der Waals surface area contributed by atoms with Crippen LogP contribution in [-0.4, -0.2) is 25.1 Å². The maximum atomic E-state index is 12.6. The Kier molecular flexibility index (Phi) is 5.33. The third kappa shape index (κ3) is 3.88. The molecule has 1 amide bonds. The number of methoxy groups -OCH3 is 2. The Labute approximate surface area is 156 Å². The fourth-order valence-corrected chi connectivity index (χ4v) is 2.66. The van der Waals surface area contributed by atoms with E-state index in [4.69, 9.17) is 9.47 Å². The Morgan fingerprint density at radius 1 is 1.11 bits per heavy atom. The van der Waals surface area contributed by atoms with Crippen molar-refractivity contribution in [3.63, 3.8) is 0 Å². The first-order valence-corrected chi connectivity index (χ1v) is 8.15. The maximum absolute atomic E-state index is 12.6. The van der Waals surface area contributed by atoms with Gasteiger partial charge in [0.25, 0.3) is 5.91 Å². The van der Waals surface area contributed by atoms with Crippen LogP contribution in [-0.2, 0) is 4.79 Å². The van der Waals surface area contributed by atoms with Gasteiger partial charge in [0.05, 0.1) is 25.4 Å². The second kappa shape index (κ2) is 8.02. The average molecular weight is 359 g/mol. The molecule has 27 heavy (non-hydrogen) atoms. The molecule has 0 saturated carbocycles. The first-order valence-electron chi connectivity index (χ1n) is 8.15. The lowest BCUT2D eigenvalue weighted by Gasteiger charge is -2.09. The van der Waals surface area contributed by atoms with E-state index in [2.05, 4.69) is 10.3 Å². The van der Waals surface area contributed by atoms with Gasteiger partial charge in [-0.25, -0.2) is 0 Å². The SMILES string of the molecule is COc1ccc(/C=C(\C#N)C(=O)Nc2cccc3ncccc23)cc1OC. The van der Waals surface area contributed by atoms with Gasteiger partial charge < -0.3 is 14.8 Å². The number of anilines is 1. The van der Waals surface area contributed by atoms with Gasteiger partial charge in [0.15, 0.2) is 11.5 Å². The number of rotatable bonds is 5. The number of hydrogen-bond acceptors (Lipinski definition) is 5. The molecule has 1 N–H and O–H groups in total. The minimum absolute atomic E-state index is 0.0249. The summed E-state index contributed by atoms with van der Waals surface area (Å²) in [6.45, 7) is 0. The molecule has 1 heterocycles. The predicted octanol–water partition coefficient (Wildman–Crippen LogP) is 3.80. The standard InChI is InChI=1S/C21H17N3O3/c1-26-19-9-8-14(12-20(19)27-2)11-15(13-22)21(25)24-18-7-3-6-17-16(18)5-4-10-23-17/h3-12H,1-2H3,(H,24,25)/b15-11+. The highest BCUT2D eigenvalue weighted by molar-refractivity contribution is 6.12. The zero-order valence-electron chi connectivity index (χ0n) is 14.9. The Hall–Kier alpha value is -3.85. The molecule has 134 valence electrons. The van der Waals surface area contributed by atoms with Gasteiger partial charge in [-0.1, -0.05) is 12.1 Å². The van der Waals surface area contributed by atoms with Gasteiger partial charge in [-0.2, -0.15) is 5.26 Å². The van der Waals surface area contributed by atoms with E-state index in [1.807, 2.05) is 18.2 Å². The van der Waals surface area contributed by atoms with E-state index in [-0.39, 0.29) is 5.57 Å². The van der Waals surface area contributed by atoms with E-state index >= 15 is 0 Å². The van der Waals surface area contributed by atoms with Crippen molar-refractivity contribution in [2.45, 2.75) is 0 Å². The van der Waals surface area contributed by atoms with Crippen LogP contribution in [0, 0.1) is 11.3 Å². The summed E-state index contributed by atoms with van der Waals surface area (Å²) < 4.78 is 10.4. The van der Waals surface area contributed by atoms with Crippen molar-refractivity contribution in [1.82, 2.24) is 4.98 Å². The highest BCUT2D eigenvalue weighted by atomic mass is 16.5. The van der Waals surface area contributed by atoms with Crippen LogP contribution in [0.4, 0.5) is 5.69 Å². The molecule has 0 fully saturated rings. The van der Waals surface area contributed by atoms with E-state index < -0.39 is 5.91 Å². The summed E-state index contributed by atoms with van der Waals surface area (Å²) in [5.41, 5.74) is 1.98. The number of benzene rings is 2. The van der Waals surface area contributed by atoms with Gasteiger partial charge in [-0.05, 0) is 48.0 Å². The Bertz CT molecular complexity index is 1060. The number of nitrogens with one attached hydrogen (secondary N) is 1. The van der Waals surface area contributed by atoms with Crippen molar-refractivity contribution in [1.29, 1.82) is 5.26 Å². The molecule has 1 aromatic heterocycles. The van der Waals surface area contributed by atoms with Crippen LogP contribution in [0.15, 0.2) is 60.3 Å². The number of ether oxygens (including phenoxy) is 2. The van der Waals surface area contributed by atoms with Gasteiger partial charge >= 0.3 is 0 Å². The maximum Gasteiger partial charge on any atom is 0.266 e. The molecular weight excluding hydrogens is 342 g/mol. The van der Waals surface area contributed by atoms with E-state index in [1.165, 1.54) is 13.2 Å². The number of carbonyl (C=O) groups is 1. The topological polar surface area (TPSA) is 84.2 Å². The monoisotopic (exact) mass is 359 g/mol. The van der Waals surface area contributed by atoms with Crippen molar-refractivity contribution < 1.29 is 14.3 Å². The minimum atomic E-state index is -0.497. The molecule has 2 aromatic carbocycles. The number of amides is 1. The molecule has 0 aliphatic heterocycles. The smallest absolute Gasteiger partial charge is 0.266 e. The van der Waals surface area contributed by atoms with E-state index in [1.54, 1.807) is 49.7 Å². The average Bonchev–Trinajstić information content (AvgIpc) is 2.72. The van der Waals surface area contributed by atoms with Crippen LogP contribution in [0.3, 0.4) is 0 Å². The summed E-state index contributed by atoms with van der Waals surface area (Å²) >= 11 is 0. The van der Waals surface area contributed by atoms with Gasteiger partial charge in [0, 0.05) is 11.6 Å². The van der Waals surface area contributed by atoms with Crippen LogP contribution in [0.2, 0.25) is 0 Å². The van der Waals surface area contributed by atoms with Crippen LogP contribution < -0.4 is 14.8 Å². The van der Waals surface area contributed by atoms with Gasteiger partial charge in [0.1, 0.15) is 11.6 Å². The lowest BCUT2D eigenvalue weighted by molar-refractivity contribution is -0.112. The fourth-order valence-electron chi connectivity index (χ4n) is 2.66. The lowest BCUT2D eigenvalue weighted by Crippen LogP contribution is -2.13. The predicted molar refractivity (Wildman–Crippen MR) is 104 cm³/mol. The summed E-state index contributed by atoms with van der Waals surface area (Å²) in [5.74, 6) is 0.591. The molecule has 0 atom stereocenters.